The summed E-state index contributed by atoms with van der Waals surface area (Å²) < 4.78 is 0. The van der Waals surface area contributed by atoms with Crippen molar-refractivity contribution in [1.29, 1.82) is 0 Å². The van der Waals surface area contributed by atoms with Gasteiger partial charge in [-0.1, -0.05) is 12.1 Å². The van der Waals surface area contributed by atoms with Gasteiger partial charge in [-0.15, -0.1) is 0 Å². The molecule has 3 aliphatic heterocycles. The number of carbonyl (C=O) groups is 3. The number of benzene rings is 1. The first-order valence-electron chi connectivity index (χ1n) is 10.2. The quantitative estimate of drug-likeness (QED) is 0.753. The summed E-state index contributed by atoms with van der Waals surface area (Å²) in [6, 6.07) is 5.74. The molecular weight excluding hydrogens is 356 g/mol. The molecule has 2 saturated heterocycles. The lowest BCUT2D eigenvalue weighted by molar-refractivity contribution is -0.136. The van der Waals surface area contributed by atoms with Gasteiger partial charge in [0.25, 0.3) is 5.91 Å². The zero-order chi connectivity index (χ0) is 19.5. The summed E-state index contributed by atoms with van der Waals surface area (Å²) >= 11 is 0. The van der Waals surface area contributed by atoms with Gasteiger partial charge in [0.2, 0.25) is 11.8 Å². The maximum absolute atomic E-state index is 13.0. The van der Waals surface area contributed by atoms with Crippen molar-refractivity contribution in [1.82, 2.24) is 15.1 Å². The molecule has 7 heteroatoms. The van der Waals surface area contributed by atoms with Crippen molar-refractivity contribution in [2.24, 2.45) is 11.1 Å². The molecule has 7 nitrogen and oxygen atoms in total. The van der Waals surface area contributed by atoms with Crippen LogP contribution in [0.25, 0.3) is 0 Å². The van der Waals surface area contributed by atoms with E-state index in [-0.39, 0.29) is 30.2 Å². The van der Waals surface area contributed by atoms with Crippen LogP contribution in [0.2, 0.25) is 0 Å². The maximum Gasteiger partial charge on any atom is 0.255 e. The molecule has 2 atom stereocenters. The molecule has 3 fully saturated rings. The topological polar surface area (TPSA) is 95.7 Å². The van der Waals surface area contributed by atoms with Crippen LogP contribution in [0.3, 0.4) is 0 Å². The Morgan fingerprint density at radius 1 is 1.21 bits per heavy atom. The number of nitrogens with one attached hydrogen (secondary N) is 1. The number of nitrogens with zero attached hydrogens (tertiary/aromatic N) is 2. The fraction of sp³-hybridized carbons (Fsp3) is 0.571. The van der Waals surface area contributed by atoms with Crippen molar-refractivity contribution >= 4 is 17.7 Å². The third kappa shape index (κ3) is 3.12. The Kier molecular flexibility index (Phi) is 4.07. The number of amides is 3. The standard InChI is InChI=1S/C21H26N4O3/c22-15-8-21(5-6-21)12-24(11-15)9-13-1-2-14-10-25(20(28)16(14)7-13)17-3-4-18(26)23-19(17)27/h1-2,7,15,17H,3-6,8-12,22H2,(H,23,26,27). The second-order valence-corrected chi connectivity index (χ2v) is 9.03. The largest absolute Gasteiger partial charge is 0.327 e. The lowest BCUT2D eigenvalue weighted by Gasteiger charge is -2.36. The summed E-state index contributed by atoms with van der Waals surface area (Å²) in [5.41, 5.74) is 9.45. The van der Waals surface area contributed by atoms with E-state index in [0.29, 0.717) is 23.9 Å². The molecule has 1 saturated carbocycles. The third-order valence-corrected chi connectivity index (χ3v) is 6.70. The summed E-state index contributed by atoms with van der Waals surface area (Å²) in [5.74, 6) is -0.740. The molecule has 3 heterocycles. The molecule has 0 bridgehead atoms. The van der Waals surface area contributed by atoms with Gasteiger partial charge in [-0.2, -0.15) is 0 Å². The predicted octanol–water partition coefficient (Wildman–Crippen LogP) is 0.761. The molecular formula is C21H26N4O3. The molecule has 0 radical (unpaired) electrons. The Morgan fingerprint density at radius 2 is 2.04 bits per heavy atom. The molecule has 1 aromatic rings. The predicted molar refractivity (Wildman–Crippen MR) is 102 cm³/mol. The van der Waals surface area contributed by atoms with Crippen LogP contribution < -0.4 is 11.1 Å². The Morgan fingerprint density at radius 3 is 2.79 bits per heavy atom. The highest BCUT2D eigenvalue weighted by molar-refractivity contribution is 6.05. The summed E-state index contributed by atoms with van der Waals surface area (Å²) in [6.45, 7) is 3.22. The van der Waals surface area contributed by atoms with Crippen molar-refractivity contribution in [2.75, 3.05) is 13.1 Å². The van der Waals surface area contributed by atoms with Gasteiger partial charge in [0, 0.05) is 44.2 Å². The van der Waals surface area contributed by atoms with Crippen LogP contribution in [0.15, 0.2) is 18.2 Å². The Labute approximate surface area is 164 Å². The zero-order valence-corrected chi connectivity index (χ0v) is 15.9. The van der Waals surface area contributed by atoms with Gasteiger partial charge in [0.1, 0.15) is 6.04 Å². The summed E-state index contributed by atoms with van der Waals surface area (Å²) in [4.78, 5) is 40.5. The van der Waals surface area contributed by atoms with Crippen LogP contribution in [0.1, 0.15) is 53.6 Å². The molecule has 3 amide bonds. The number of rotatable bonds is 3. The van der Waals surface area contributed by atoms with Gasteiger partial charge in [0.15, 0.2) is 0 Å². The first kappa shape index (κ1) is 17.8. The first-order valence-corrected chi connectivity index (χ1v) is 10.2. The van der Waals surface area contributed by atoms with Gasteiger partial charge in [-0.3, -0.25) is 24.6 Å². The second kappa shape index (κ2) is 6.39. The van der Waals surface area contributed by atoms with Crippen LogP contribution in [-0.4, -0.2) is 52.7 Å². The van der Waals surface area contributed by atoms with Crippen molar-refractivity contribution in [3.8, 4) is 0 Å². The van der Waals surface area contributed by atoms with E-state index in [4.69, 9.17) is 5.73 Å². The smallest absolute Gasteiger partial charge is 0.255 e. The molecule has 1 aromatic carbocycles. The molecule has 148 valence electrons. The molecule has 28 heavy (non-hydrogen) atoms. The number of hydrogen-bond acceptors (Lipinski definition) is 5. The van der Waals surface area contributed by atoms with E-state index in [2.05, 4.69) is 16.3 Å². The van der Waals surface area contributed by atoms with Crippen molar-refractivity contribution in [2.45, 2.75) is 57.3 Å². The Hall–Kier alpha value is -2.25. The van der Waals surface area contributed by atoms with Gasteiger partial charge in [0.05, 0.1) is 0 Å². The average molecular weight is 382 g/mol. The molecule has 5 rings (SSSR count). The highest BCUT2D eigenvalue weighted by Gasteiger charge is 2.47. The fourth-order valence-corrected chi connectivity index (χ4v) is 5.17. The molecule has 4 aliphatic rings. The maximum atomic E-state index is 13.0. The SMILES string of the molecule is NC1CN(Cc2ccc3c(c2)C(=O)N(C2CCC(=O)NC2=O)C3)CC2(CC2)C1. The fourth-order valence-electron chi connectivity index (χ4n) is 5.17. The van der Waals surface area contributed by atoms with E-state index in [1.54, 1.807) is 4.90 Å². The van der Waals surface area contributed by atoms with E-state index in [1.807, 2.05) is 12.1 Å². The van der Waals surface area contributed by atoms with Crippen molar-refractivity contribution < 1.29 is 14.4 Å². The molecule has 1 aliphatic carbocycles. The highest BCUT2D eigenvalue weighted by Crippen LogP contribution is 2.51. The van der Waals surface area contributed by atoms with Crippen molar-refractivity contribution in [3.63, 3.8) is 0 Å². The number of piperidine rings is 2. The minimum Gasteiger partial charge on any atom is -0.327 e. The van der Waals surface area contributed by atoms with Crippen LogP contribution in [0, 0.1) is 5.41 Å². The highest BCUT2D eigenvalue weighted by atomic mass is 16.2. The van der Waals surface area contributed by atoms with E-state index < -0.39 is 6.04 Å². The minimum absolute atomic E-state index is 0.111. The van der Waals surface area contributed by atoms with Crippen molar-refractivity contribution in [3.05, 3.63) is 34.9 Å². The van der Waals surface area contributed by atoms with Crippen LogP contribution >= 0.6 is 0 Å². The number of hydrogen-bond donors (Lipinski definition) is 2. The lowest BCUT2D eigenvalue weighted by Crippen LogP contribution is -2.52. The van der Waals surface area contributed by atoms with Gasteiger partial charge in [-0.05, 0) is 48.3 Å². The van der Waals surface area contributed by atoms with Crippen LogP contribution in [0.4, 0.5) is 0 Å². The summed E-state index contributed by atoms with van der Waals surface area (Å²) in [5, 5.41) is 2.35. The second-order valence-electron chi connectivity index (χ2n) is 9.03. The van der Waals surface area contributed by atoms with Gasteiger partial charge in [-0.25, -0.2) is 0 Å². The minimum atomic E-state index is -0.559. The van der Waals surface area contributed by atoms with Crippen LogP contribution in [0.5, 0.6) is 0 Å². The number of fused-ring (bicyclic) bond motifs is 1. The summed E-state index contributed by atoms with van der Waals surface area (Å²) in [6.07, 6.45) is 4.36. The van der Waals surface area contributed by atoms with Gasteiger partial charge >= 0.3 is 0 Å². The molecule has 1 spiro atoms. The van der Waals surface area contributed by atoms with Gasteiger partial charge < -0.3 is 10.6 Å². The summed E-state index contributed by atoms with van der Waals surface area (Å²) in [7, 11) is 0. The number of carbonyl (C=O) groups excluding carboxylic acids is 3. The normalized spacial score (nSPS) is 29.2. The number of nitrogens with two attached hydrogens (primary N) is 1. The average Bonchev–Trinajstić information content (AvgIpc) is 3.29. The molecule has 3 N–H and O–H groups in total. The van der Waals surface area contributed by atoms with E-state index in [0.717, 1.165) is 37.2 Å². The molecule has 0 aromatic heterocycles. The van der Waals surface area contributed by atoms with E-state index in [9.17, 15) is 14.4 Å². The monoisotopic (exact) mass is 382 g/mol. The zero-order valence-electron chi connectivity index (χ0n) is 15.9. The molecule has 2 unspecified atom stereocenters. The van der Waals surface area contributed by atoms with E-state index in [1.165, 1.54) is 12.8 Å². The number of imide groups is 1. The lowest BCUT2D eigenvalue weighted by atomic mass is 9.91. The third-order valence-electron chi connectivity index (χ3n) is 6.70. The van der Waals surface area contributed by atoms with E-state index >= 15 is 0 Å². The number of likely N-dealkylation sites (tertiary alicyclic amines) is 1. The van der Waals surface area contributed by atoms with Crippen LogP contribution in [-0.2, 0) is 22.7 Å². The first-order chi connectivity index (χ1) is 13.4. The Balaban J connectivity index is 1.31. The Bertz CT molecular complexity index is 863.